The lowest BCUT2D eigenvalue weighted by atomic mass is 9.96. The minimum Gasteiger partial charge on any atom is -0.497 e. The third kappa shape index (κ3) is 5.30. The monoisotopic (exact) mass is 370 g/mol. The Kier molecular flexibility index (Phi) is 6.45. The fourth-order valence-electron chi connectivity index (χ4n) is 3.57. The Balaban J connectivity index is 1.54. The number of rotatable bonds is 6. The van der Waals surface area contributed by atoms with E-state index in [4.69, 9.17) is 4.74 Å². The topological polar surface area (TPSA) is 41.6 Å². The molecule has 1 saturated heterocycles. The van der Waals surface area contributed by atoms with Gasteiger partial charge in [-0.1, -0.05) is 24.3 Å². The predicted octanol–water partition coefficient (Wildman–Crippen LogP) is 3.92. The molecule has 3 rings (SSSR count). The normalized spacial score (nSPS) is 18.7. The molecule has 1 aliphatic rings. The molecule has 0 radical (unpaired) electrons. The summed E-state index contributed by atoms with van der Waals surface area (Å²) in [7, 11) is 1.64. The van der Waals surface area contributed by atoms with E-state index in [1.54, 1.807) is 7.11 Å². The van der Waals surface area contributed by atoms with Crippen molar-refractivity contribution in [2.24, 2.45) is 5.92 Å². The Labute approximate surface area is 160 Å². The summed E-state index contributed by atoms with van der Waals surface area (Å²) in [5.74, 6) is 0.671. The number of nitrogens with zero attached hydrogens (tertiary/aromatic N) is 1. The summed E-state index contributed by atoms with van der Waals surface area (Å²) in [5, 5.41) is 3.14. The maximum Gasteiger partial charge on any atom is 0.224 e. The molecule has 0 bridgehead atoms. The van der Waals surface area contributed by atoms with Gasteiger partial charge in [0.25, 0.3) is 0 Å². The number of carbonyl (C=O) groups is 1. The summed E-state index contributed by atoms with van der Waals surface area (Å²) in [4.78, 5) is 15.0. The van der Waals surface area contributed by atoms with Crippen molar-refractivity contribution in [1.82, 2.24) is 10.2 Å². The molecule has 1 amide bonds. The van der Waals surface area contributed by atoms with E-state index in [9.17, 15) is 9.18 Å². The molecule has 2 aromatic carbocycles. The quantitative estimate of drug-likeness (QED) is 0.838. The molecule has 2 aromatic rings. The van der Waals surface area contributed by atoms with Crippen LogP contribution in [0.3, 0.4) is 0 Å². The Morgan fingerprint density at radius 3 is 2.59 bits per heavy atom. The highest BCUT2D eigenvalue weighted by atomic mass is 19.1. The van der Waals surface area contributed by atoms with Gasteiger partial charge in [-0.2, -0.15) is 0 Å². The van der Waals surface area contributed by atoms with Crippen molar-refractivity contribution in [3.8, 4) is 5.75 Å². The zero-order chi connectivity index (χ0) is 19.2. The number of nitrogens with one attached hydrogen (secondary N) is 1. The molecule has 1 fully saturated rings. The van der Waals surface area contributed by atoms with Gasteiger partial charge in [0.05, 0.1) is 19.1 Å². The molecule has 4 nitrogen and oxygen atoms in total. The molecule has 0 aromatic heterocycles. The second-order valence-corrected chi connectivity index (χ2v) is 7.20. The van der Waals surface area contributed by atoms with E-state index in [0.29, 0.717) is 0 Å². The number of halogens is 1. The van der Waals surface area contributed by atoms with Gasteiger partial charge in [-0.05, 0) is 61.7 Å². The first-order valence-electron chi connectivity index (χ1n) is 9.46. The lowest BCUT2D eigenvalue weighted by Crippen LogP contribution is -2.43. The van der Waals surface area contributed by atoms with Crippen LogP contribution < -0.4 is 10.1 Å². The van der Waals surface area contributed by atoms with Crippen LogP contribution in [0.5, 0.6) is 5.75 Å². The number of benzene rings is 2. The highest BCUT2D eigenvalue weighted by molar-refractivity contribution is 5.79. The molecule has 0 aliphatic carbocycles. The number of methoxy groups -OCH3 is 1. The Hall–Kier alpha value is -2.40. The van der Waals surface area contributed by atoms with Gasteiger partial charge in [-0.3, -0.25) is 9.69 Å². The van der Waals surface area contributed by atoms with Crippen LogP contribution in [-0.2, 0) is 11.3 Å². The van der Waals surface area contributed by atoms with Gasteiger partial charge >= 0.3 is 0 Å². The molecular weight excluding hydrogens is 343 g/mol. The number of likely N-dealkylation sites (tertiary alicyclic amines) is 1. The molecule has 1 aliphatic heterocycles. The first-order chi connectivity index (χ1) is 13.0. The van der Waals surface area contributed by atoms with Crippen LogP contribution in [0.4, 0.5) is 4.39 Å². The van der Waals surface area contributed by atoms with Crippen molar-refractivity contribution in [2.45, 2.75) is 32.4 Å². The smallest absolute Gasteiger partial charge is 0.224 e. The molecule has 1 N–H and O–H groups in total. The summed E-state index contributed by atoms with van der Waals surface area (Å²) in [6, 6.07) is 14.3. The van der Waals surface area contributed by atoms with Crippen molar-refractivity contribution >= 4 is 5.91 Å². The average Bonchev–Trinajstić information content (AvgIpc) is 2.70. The van der Waals surface area contributed by atoms with Crippen LogP contribution in [0, 0.1) is 11.7 Å². The standard InChI is InChI=1S/C22H27FN2O2/c1-16(18-7-11-21(27-2)12-8-18)24-22(26)19-4-3-13-25(15-19)14-17-5-9-20(23)10-6-17/h5-12,16,19H,3-4,13-15H2,1-2H3,(H,24,26)/t16-,19+/m0/s1. The third-order valence-electron chi connectivity index (χ3n) is 5.17. The van der Waals surface area contributed by atoms with E-state index in [1.807, 2.05) is 43.3 Å². The van der Waals surface area contributed by atoms with Gasteiger partial charge in [0.1, 0.15) is 11.6 Å². The summed E-state index contributed by atoms with van der Waals surface area (Å²) in [5.41, 5.74) is 2.13. The van der Waals surface area contributed by atoms with E-state index in [1.165, 1.54) is 12.1 Å². The number of ether oxygens (including phenoxy) is 1. The van der Waals surface area contributed by atoms with Crippen LogP contribution >= 0.6 is 0 Å². The lowest BCUT2D eigenvalue weighted by molar-refractivity contribution is -0.127. The van der Waals surface area contributed by atoms with Gasteiger partial charge in [0.2, 0.25) is 5.91 Å². The lowest BCUT2D eigenvalue weighted by Gasteiger charge is -2.32. The number of hydrogen-bond acceptors (Lipinski definition) is 3. The van der Waals surface area contributed by atoms with Gasteiger partial charge in [0, 0.05) is 13.1 Å². The van der Waals surface area contributed by atoms with E-state index in [0.717, 1.165) is 49.4 Å². The maximum atomic E-state index is 13.1. The molecule has 0 spiro atoms. The van der Waals surface area contributed by atoms with Crippen LogP contribution in [-0.4, -0.2) is 31.0 Å². The second-order valence-electron chi connectivity index (χ2n) is 7.20. The molecule has 1 heterocycles. The molecule has 144 valence electrons. The molecule has 0 saturated carbocycles. The number of piperidine rings is 1. The first-order valence-corrected chi connectivity index (χ1v) is 9.46. The van der Waals surface area contributed by atoms with Crippen LogP contribution in [0.1, 0.15) is 36.9 Å². The molecule has 0 unspecified atom stereocenters. The fourth-order valence-corrected chi connectivity index (χ4v) is 3.57. The molecular formula is C22H27FN2O2. The van der Waals surface area contributed by atoms with E-state index in [2.05, 4.69) is 10.2 Å². The number of amides is 1. The fraction of sp³-hybridized carbons (Fsp3) is 0.409. The van der Waals surface area contributed by atoms with E-state index < -0.39 is 0 Å². The number of carbonyl (C=O) groups excluding carboxylic acids is 1. The zero-order valence-corrected chi connectivity index (χ0v) is 16.0. The van der Waals surface area contributed by atoms with E-state index in [-0.39, 0.29) is 23.7 Å². The highest BCUT2D eigenvalue weighted by Gasteiger charge is 2.26. The molecule has 27 heavy (non-hydrogen) atoms. The van der Waals surface area contributed by atoms with Crippen LogP contribution in [0.15, 0.2) is 48.5 Å². The highest BCUT2D eigenvalue weighted by Crippen LogP contribution is 2.22. The van der Waals surface area contributed by atoms with Gasteiger partial charge in [-0.25, -0.2) is 4.39 Å². The molecule has 5 heteroatoms. The van der Waals surface area contributed by atoms with Crippen molar-refractivity contribution < 1.29 is 13.9 Å². The van der Waals surface area contributed by atoms with E-state index >= 15 is 0 Å². The van der Waals surface area contributed by atoms with Gasteiger partial charge in [-0.15, -0.1) is 0 Å². The van der Waals surface area contributed by atoms with Gasteiger partial charge < -0.3 is 10.1 Å². The van der Waals surface area contributed by atoms with Crippen molar-refractivity contribution in [3.63, 3.8) is 0 Å². The SMILES string of the molecule is COc1ccc([C@H](C)NC(=O)[C@@H]2CCCN(Cc3ccc(F)cc3)C2)cc1. The zero-order valence-electron chi connectivity index (χ0n) is 16.0. The van der Waals surface area contributed by atoms with Crippen molar-refractivity contribution in [3.05, 3.63) is 65.5 Å². The van der Waals surface area contributed by atoms with Crippen molar-refractivity contribution in [2.75, 3.05) is 20.2 Å². The average molecular weight is 370 g/mol. The first kappa shape index (κ1) is 19.4. The number of hydrogen-bond donors (Lipinski definition) is 1. The predicted molar refractivity (Wildman–Crippen MR) is 104 cm³/mol. The van der Waals surface area contributed by atoms with Crippen molar-refractivity contribution in [1.29, 1.82) is 0 Å². The summed E-state index contributed by atoms with van der Waals surface area (Å²) >= 11 is 0. The summed E-state index contributed by atoms with van der Waals surface area (Å²) in [6.07, 6.45) is 1.90. The second kappa shape index (κ2) is 9.00. The molecule has 2 atom stereocenters. The third-order valence-corrected chi connectivity index (χ3v) is 5.17. The minimum absolute atomic E-state index is 0.0140. The maximum absolute atomic E-state index is 13.1. The summed E-state index contributed by atoms with van der Waals surface area (Å²) in [6.45, 7) is 4.45. The Morgan fingerprint density at radius 1 is 1.22 bits per heavy atom. The minimum atomic E-state index is -0.220. The summed E-state index contributed by atoms with van der Waals surface area (Å²) < 4.78 is 18.2. The Bertz CT molecular complexity index is 746. The largest absolute Gasteiger partial charge is 0.497 e. The Morgan fingerprint density at radius 2 is 1.93 bits per heavy atom. The van der Waals surface area contributed by atoms with Gasteiger partial charge in [0.15, 0.2) is 0 Å². The van der Waals surface area contributed by atoms with Crippen LogP contribution in [0.2, 0.25) is 0 Å². The van der Waals surface area contributed by atoms with Crippen LogP contribution in [0.25, 0.3) is 0 Å².